The van der Waals surface area contributed by atoms with Crippen LogP contribution in [-0.4, -0.2) is 32.2 Å². The van der Waals surface area contributed by atoms with Gasteiger partial charge in [0.1, 0.15) is 0 Å². The standard InChI is InChI=1S/C23H21N5O5/c1-15(2)14-33-23-25-21(20-4-3-13-32-20)27(26-23)18-11-7-17(8-12-18)24-22(29)16-5-9-19(10-6-16)28(30)31/h3-13,15H,14H2,1-2H3,(H,24,29). The van der Waals surface area contributed by atoms with Crippen LogP contribution in [0.2, 0.25) is 0 Å². The second kappa shape index (κ2) is 9.35. The lowest BCUT2D eigenvalue weighted by Crippen LogP contribution is -2.12. The first-order chi connectivity index (χ1) is 15.9. The number of nitrogens with zero attached hydrogens (tertiary/aromatic N) is 4. The highest BCUT2D eigenvalue weighted by Crippen LogP contribution is 2.25. The summed E-state index contributed by atoms with van der Waals surface area (Å²) in [5.74, 6) is 0.973. The molecule has 0 aliphatic carbocycles. The van der Waals surface area contributed by atoms with Crippen LogP contribution >= 0.6 is 0 Å². The molecule has 0 aliphatic rings. The van der Waals surface area contributed by atoms with Crippen LogP contribution in [0.4, 0.5) is 11.4 Å². The molecule has 0 saturated heterocycles. The number of hydrogen-bond acceptors (Lipinski definition) is 7. The Morgan fingerprint density at radius 2 is 1.88 bits per heavy atom. The summed E-state index contributed by atoms with van der Waals surface area (Å²) in [7, 11) is 0. The topological polar surface area (TPSA) is 125 Å². The molecule has 168 valence electrons. The Balaban J connectivity index is 1.54. The van der Waals surface area contributed by atoms with Gasteiger partial charge in [0.2, 0.25) is 5.82 Å². The number of carbonyl (C=O) groups excluding carboxylic acids is 1. The van der Waals surface area contributed by atoms with Crippen molar-refractivity contribution in [1.29, 1.82) is 0 Å². The maximum Gasteiger partial charge on any atom is 0.336 e. The van der Waals surface area contributed by atoms with Gasteiger partial charge in [0.25, 0.3) is 11.6 Å². The van der Waals surface area contributed by atoms with Crippen molar-refractivity contribution in [3.8, 4) is 23.3 Å². The second-order valence-electron chi connectivity index (χ2n) is 7.62. The molecule has 2 heterocycles. The lowest BCUT2D eigenvalue weighted by Gasteiger charge is -2.08. The van der Waals surface area contributed by atoms with Gasteiger partial charge in [-0.15, -0.1) is 5.10 Å². The summed E-state index contributed by atoms with van der Waals surface area (Å²) >= 11 is 0. The van der Waals surface area contributed by atoms with E-state index in [9.17, 15) is 14.9 Å². The van der Waals surface area contributed by atoms with Gasteiger partial charge in [-0.25, -0.2) is 4.68 Å². The molecule has 2 aromatic carbocycles. The van der Waals surface area contributed by atoms with Crippen molar-refractivity contribution in [2.24, 2.45) is 5.92 Å². The van der Waals surface area contributed by atoms with Gasteiger partial charge in [0, 0.05) is 23.4 Å². The summed E-state index contributed by atoms with van der Waals surface area (Å²) in [5.41, 5.74) is 1.49. The normalized spacial score (nSPS) is 10.9. The van der Waals surface area contributed by atoms with Crippen molar-refractivity contribution in [3.05, 3.63) is 82.6 Å². The Hall–Kier alpha value is -4.47. The zero-order valence-corrected chi connectivity index (χ0v) is 18.0. The summed E-state index contributed by atoms with van der Waals surface area (Å²) in [5, 5.41) is 18.0. The third-order valence-electron chi connectivity index (χ3n) is 4.59. The number of non-ortho nitro benzene ring substituents is 1. The van der Waals surface area contributed by atoms with Gasteiger partial charge in [-0.2, -0.15) is 4.98 Å². The van der Waals surface area contributed by atoms with Crippen LogP contribution in [0.15, 0.2) is 71.3 Å². The van der Waals surface area contributed by atoms with Crippen LogP contribution in [0.1, 0.15) is 24.2 Å². The van der Waals surface area contributed by atoms with Crippen LogP contribution in [0, 0.1) is 16.0 Å². The Bertz CT molecular complexity index is 1250. The number of nitrogens with one attached hydrogen (secondary N) is 1. The van der Waals surface area contributed by atoms with E-state index in [0.29, 0.717) is 41.0 Å². The largest absolute Gasteiger partial charge is 0.462 e. The molecule has 10 nitrogen and oxygen atoms in total. The van der Waals surface area contributed by atoms with E-state index in [1.807, 2.05) is 13.8 Å². The van der Waals surface area contributed by atoms with E-state index in [4.69, 9.17) is 9.15 Å². The lowest BCUT2D eigenvalue weighted by molar-refractivity contribution is -0.384. The number of amides is 1. The number of nitro groups is 1. The van der Waals surface area contributed by atoms with Crippen LogP contribution in [0.5, 0.6) is 6.01 Å². The molecule has 10 heteroatoms. The number of anilines is 1. The molecule has 2 aromatic heterocycles. The zero-order chi connectivity index (χ0) is 23.4. The van der Waals surface area contributed by atoms with E-state index in [1.54, 1.807) is 47.3 Å². The fourth-order valence-corrected chi connectivity index (χ4v) is 2.96. The summed E-state index contributed by atoms with van der Waals surface area (Å²) in [6, 6.07) is 16.2. The first-order valence-corrected chi connectivity index (χ1v) is 10.2. The molecule has 0 bridgehead atoms. The molecule has 1 amide bonds. The lowest BCUT2D eigenvalue weighted by atomic mass is 10.2. The predicted octanol–water partition coefficient (Wildman–Crippen LogP) is 4.72. The molecule has 4 aromatic rings. The quantitative estimate of drug-likeness (QED) is 0.306. The van der Waals surface area contributed by atoms with Crippen molar-refractivity contribution in [1.82, 2.24) is 14.8 Å². The Kier molecular flexibility index (Phi) is 6.16. The van der Waals surface area contributed by atoms with E-state index >= 15 is 0 Å². The fraction of sp³-hybridized carbons (Fsp3) is 0.174. The highest BCUT2D eigenvalue weighted by molar-refractivity contribution is 6.04. The highest BCUT2D eigenvalue weighted by Gasteiger charge is 2.17. The minimum absolute atomic E-state index is 0.0761. The van der Waals surface area contributed by atoms with Crippen molar-refractivity contribution in [2.45, 2.75) is 13.8 Å². The minimum Gasteiger partial charge on any atom is -0.462 e. The molecule has 0 unspecified atom stereocenters. The Morgan fingerprint density at radius 1 is 1.15 bits per heavy atom. The monoisotopic (exact) mass is 447 g/mol. The maximum atomic E-state index is 12.5. The van der Waals surface area contributed by atoms with Crippen molar-refractivity contribution < 1.29 is 18.9 Å². The third kappa shape index (κ3) is 5.06. The zero-order valence-electron chi connectivity index (χ0n) is 18.0. The second-order valence-corrected chi connectivity index (χ2v) is 7.62. The number of hydrogen-bond donors (Lipinski definition) is 1. The average molecular weight is 447 g/mol. The van der Waals surface area contributed by atoms with Gasteiger partial charge in [0.15, 0.2) is 5.76 Å². The van der Waals surface area contributed by atoms with Crippen molar-refractivity contribution >= 4 is 17.3 Å². The van der Waals surface area contributed by atoms with Crippen LogP contribution in [0.3, 0.4) is 0 Å². The number of aromatic nitrogens is 3. The third-order valence-corrected chi connectivity index (χ3v) is 4.59. The highest BCUT2D eigenvalue weighted by atomic mass is 16.6. The van der Waals surface area contributed by atoms with E-state index in [2.05, 4.69) is 15.4 Å². The molecule has 0 spiro atoms. The first kappa shape index (κ1) is 21.8. The molecule has 33 heavy (non-hydrogen) atoms. The van der Waals surface area contributed by atoms with Crippen LogP contribution < -0.4 is 10.1 Å². The van der Waals surface area contributed by atoms with Gasteiger partial charge in [-0.05, 0) is 54.4 Å². The molecule has 0 aliphatic heterocycles. The number of benzene rings is 2. The van der Waals surface area contributed by atoms with Crippen LogP contribution in [-0.2, 0) is 0 Å². The molecule has 0 fully saturated rings. The minimum atomic E-state index is -0.513. The molecule has 0 radical (unpaired) electrons. The molecule has 1 N–H and O–H groups in total. The van der Waals surface area contributed by atoms with Gasteiger partial charge in [0.05, 0.1) is 23.5 Å². The summed E-state index contributed by atoms with van der Waals surface area (Å²) in [4.78, 5) is 27.2. The number of furan rings is 1. The molecule has 4 rings (SSSR count). The molecule has 0 atom stereocenters. The van der Waals surface area contributed by atoms with E-state index in [-0.39, 0.29) is 17.6 Å². The van der Waals surface area contributed by atoms with Crippen molar-refractivity contribution in [2.75, 3.05) is 11.9 Å². The first-order valence-electron chi connectivity index (χ1n) is 10.2. The summed E-state index contributed by atoms with van der Waals surface area (Å²) in [6.45, 7) is 4.55. The Morgan fingerprint density at radius 3 is 2.48 bits per heavy atom. The number of nitro benzene ring substituents is 1. The van der Waals surface area contributed by atoms with Crippen molar-refractivity contribution in [3.63, 3.8) is 0 Å². The van der Waals surface area contributed by atoms with Crippen LogP contribution in [0.25, 0.3) is 17.3 Å². The smallest absolute Gasteiger partial charge is 0.336 e. The maximum absolute atomic E-state index is 12.5. The molecule has 0 saturated carbocycles. The number of carbonyl (C=O) groups is 1. The fourth-order valence-electron chi connectivity index (χ4n) is 2.96. The predicted molar refractivity (Wildman–Crippen MR) is 120 cm³/mol. The van der Waals surface area contributed by atoms with Gasteiger partial charge in [-0.3, -0.25) is 14.9 Å². The van der Waals surface area contributed by atoms with E-state index in [1.165, 1.54) is 24.3 Å². The number of rotatable bonds is 8. The van der Waals surface area contributed by atoms with Gasteiger partial charge < -0.3 is 14.5 Å². The van der Waals surface area contributed by atoms with Gasteiger partial charge in [-0.1, -0.05) is 13.8 Å². The van der Waals surface area contributed by atoms with E-state index < -0.39 is 4.92 Å². The van der Waals surface area contributed by atoms with E-state index in [0.717, 1.165) is 0 Å². The molecular weight excluding hydrogens is 426 g/mol. The van der Waals surface area contributed by atoms with Gasteiger partial charge >= 0.3 is 6.01 Å². The molecular formula is C23H21N5O5. The summed E-state index contributed by atoms with van der Waals surface area (Å²) in [6.07, 6.45) is 1.56. The number of ether oxygens (including phenoxy) is 1. The average Bonchev–Trinajstić information content (AvgIpc) is 3.48. The SMILES string of the molecule is CC(C)COc1nc(-c2ccco2)n(-c2ccc(NC(=O)c3ccc([N+](=O)[O-])cc3)cc2)n1. The summed E-state index contributed by atoms with van der Waals surface area (Å²) < 4.78 is 12.8. The Labute approximate surface area is 189 Å².